The van der Waals surface area contributed by atoms with Crippen molar-refractivity contribution in [2.45, 2.75) is 18.4 Å². The maximum atomic E-state index is 13.1. The number of nitrogens with zero attached hydrogens (tertiary/aromatic N) is 2. The van der Waals surface area contributed by atoms with E-state index in [9.17, 15) is 14.3 Å². The molecule has 6 heteroatoms. The van der Waals surface area contributed by atoms with Gasteiger partial charge >= 0.3 is 0 Å². The van der Waals surface area contributed by atoms with E-state index < -0.39 is 5.60 Å². The van der Waals surface area contributed by atoms with E-state index in [0.29, 0.717) is 37.3 Å². The van der Waals surface area contributed by atoms with Crippen LogP contribution in [0.1, 0.15) is 18.5 Å². The number of aliphatic hydroxyl groups is 1. The maximum Gasteiger partial charge on any atom is 0.238 e. The number of hydrogen-bond acceptors (Lipinski definition) is 4. The minimum Gasteiger partial charge on any atom is -0.383 e. The van der Waals surface area contributed by atoms with Crippen LogP contribution in [-0.2, 0) is 10.4 Å². The molecule has 1 aliphatic rings. The highest BCUT2D eigenvalue weighted by Gasteiger charge is 2.35. The minimum atomic E-state index is -0.934. The van der Waals surface area contributed by atoms with Crippen LogP contribution in [0, 0.1) is 5.82 Å². The van der Waals surface area contributed by atoms with E-state index in [-0.39, 0.29) is 18.3 Å². The predicted molar refractivity (Wildman–Crippen MR) is 88.8 cm³/mol. The fourth-order valence-corrected chi connectivity index (χ4v) is 2.95. The van der Waals surface area contributed by atoms with Gasteiger partial charge in [-0.25, -0.2) is 4.39 Å². The van der Waals surface area contributed by atoms with Crippen LogP contribution in [-0.4, -0.2) is 40.5 Å². The Hall–Kier alpha value is -2.31. The maximum absolute atomic E-state index is 13.1. The number of carbonyl (C=O) groups is 1. The number of likely N-dealkylation sites (tertiary alicyclic amines) is 1. The lowest BCUT2D eigenvalue weighted by molar-refractivity contribution is -0.118. The number of carbonyl (C=O) groups excluding carboxylic acids is 1. The van der Waals surface area contributed by atoms with E-state index in [2.05, 4.69) is 10.3 Å². The lowest BCUT2D eigenvalue weighted by Crippen LogP contribution is -2.45. The molecule has 1 amide bonds. The molecular weight excluding hydrogens is 309 g/mol. The average Bonchev–Trinajstić information content (AvgIpc) is 2.58. The number of hydrogen-bond donors (Lipinski definition) is 2. The number of anilines is 1. The van der Waals surface area contributed by atoms with Crippen LogP contribution in [0.4, 0.5) is 10.1 Å². The molecule has 0 spiro atoms. The number of rotatable bonds is 4. The summed E-state index contributed by atoms with van der Waals surface area (Å²) in [5.41, 5.74) is 0.187. The number of nitrogens with one attached hydrogen (secondary N) is 1. The third-order valence-electron chi connectivity index (χ3n) is 4.30. The van der Waals surface area contributed by atoms with E-state index in [0.717, 1.165) is 0 Å². The number of halogens is 1. The van der Waals surface area contributed by atoms with Crippen LogP contribution < -0.4 is 5.32 Å². The van der Waals surface area contributed by atoms with E-state index in [1.54, 1.807) is 18.3 Å². The van der Waals surface area contributed by atoms with Crippen LogP contribution in [0.25, 0.3) is 0 Å². The second-order valence-electron chi connectivity index (χ2n) is 6.08. The zero-order valence-electron chi connectivity index (χ0n) is 13.3. The molecule has 1 aliphatic heterocycles. The Kier molecular flexibility index (Phi) is 4.87. The summed E-state index contributed by atoms with van der Waals surface area (Å²) in [5.74, 6) is -0.574. The second-order valence-corrected chi connectivity index (χ2v) is 6.08. The summed E-state index contributed by atoms with van der Waals surface area (Å²) in [5, 5.41) is 13.4. The first-order valence-corrected chi connectivity index (χ1v) is 7.97. The van der Waals surface area contributed by atoms with Gasteiger partial charge in [0.2, 0.25) is 5.91 Å². The Bertz CT molecular complexity index is 700. The monoisotopic (exact) mass is 329 g/mol. The van der Waals surface area contributed by atoms with Gasteiger partial charge in [-0.05, 0) is 43.2 Å². The van der Waals surface area contributed by atoms with Crippen molar-refractivity contribution < 1.29 is 14.3 Å². The molecule has 1 saturated heterocycles. The molecular formula is C18H20FN3O2. The summed E-state index contributed by atoms with van der Waals surface area (Å²) in [6, 6.07) is 11.3. The van der Waals surface area contributed by atoms with Gasteiger partial charge < -0.3 is 10.4 Å². The van der Waals surface area contributed by atoms with Gasteiger partial charge in [0, 0.05) is 25.0 Å². The van der Waals surface area contributed by atoms with Gasteiger partial charge in [-0.15, -0.1) is 0 Å². The molecule has 0 saturated carbocycles. The van der Waals surface area contributed by atoms with E-state index in [1.165, 1.54) is 12.1 Å². The molecule has 0 radical (unpaired) electrons. The Morgan fingerprint density at radius 2 is 2.04 bits per heavy atom. The highest BCUT2D eigenvalue weighted by atomic mass is 19.1. The highest BCUT2D eigenvalue weighted by molar-refractivity contribution is 5.92. The smallest absolute Gasteiger partial charge is 0.238 e. The summed E-state index contributed by atoms with van der Waals surface area (Å²) in [6.07, 6.45) is 2.72. The fraction of sp³-hybridized carbons (Fsp3) is 0.333. The highest BCUT2D eigenvalue weighted by Crippen LogP contribution is 2.31. The van der Waals surface area contributed by atoms with Gasteiger partial charge in [0.05, 0.1) is 12.2 Å². The van der Waals surface area contributed by atoms with Crippen molar-refractivity contribution in [2.24, 2.45) is 0 Å². The van der Waals surface area contributed by atoms with Gasteiger partial charge in [-0.1, -0.05) is 12.1 Å². The Morgan fingerprint density at radius 1 is 1.25 bits per heavy atom. The first-order chi connectivity index (χ1) is 11.5. The summed E-state index contributed by atoms with van der Waals surface area (Å²) in [7, 11) is 0. The second kappa shape index (κ2) is 7.07. The SMILES string of the molecule is O=C(CN1CCC(O)(c2ccccn2)CC1)Nc1cccc(F)c1. The van der Waals surface area contributed by atoms with Gasteiger partial charge in [0.25, 0.3) is 0 Å². The molecule has 126 valence electrons. The average molecular weight is 329 g/mol. The molecule has 0 aliphatic carbocycles. The minimum absolute atomic E-state index is 0.191. The van der Waals surface area contributed by atoms with Crippen LogP contribution in [0.15, 0.2) is 48.7 Å². The van der Waals surface area contributed by atoms with Crippen molar-refractivity contribution in [1.82, 2.24) is 9.88 Å². The lowest BCUT2D eigenvalue weighted by Gasteiger charge is -2.37. The quantitative estimate of drug-likeness (QED) is 0.902. The lowest BCUT2D eigenvalue weighted by atomic mass is 9.88. The Labute approximate surface area is 140 Å². The zero-order valence-corrected chi connectivity index (χ0v) is 13.3. The number of benzene rings is 1. The molecule has 3 rings (SSSR count). The largest absolute Gasteiger partial charge is 0.383 e. The number of pyridine rings is 1. The van der Waals surface area contributed by atoms with Crippen molar-refractivity contribution in [1.29, 1.82) is 0 Å². The topological polar surface area (TPSA) is 65.5 Å². The van der Waals surface area contributed by atoms with Gasteiger partial charge in [-0.2, -0.15) is 0 Å². The summed E-state index contributed by atoms with van der Waals surface area (Å²) < 4.78 is 13.1. The summed E-state index contributed by atoms with van der Waals surface area (Å²) >= 11 is 0. The molecule has 1 fully saturated rings. The Morgan fingerprint density at radius 3 is 2.71 bits per heavy atom. The van der Waals surface area contributed by atoms with Gasteiger partial charge in [-0.3, -0.25) is 14.7 Å². The number of piperidine rings is 1. The third-order valence-corrected chi connectivity index (χ3v) is 4.30. The van der Waals surface area contributed by atoms with Gasteiger partial charge in [0.1, 0.15) is 11.4 Å². The normalized spacial score (nSPS) is 17.4. The molecule has 5 nitrogen and oxygen atoms in total. The van der Waals surface area contributed by atoms with Crippen molar-refractivity contribution >= 4 is 11.6 Å². The molecule has 1 aromatic carbocycles. The van der Waals surface area contributed by atoms with Crippen LogP contribution in [0.3, 0.4) is 0 Å². The van der Waals surface area contributed by atoms with Crippen LogP contribution in [0.5, 0.6) is 0 Å². The van der Waals surface area contributed by atoms with Crippen molar-refractivity contribution in [3.05, 3.63) is 60.2 Å². The molecule has 2 N–H and O–H groups in total. The fourth-order valence-electron chi connectivity index (χ4n) is 2.95. The summed E-state index contributed by atoms with van der Waals surface area (Å²) in [4.78, 5) is 18.3. The van der Waals surface area contributed by atoms with E-state index >= 15 is 0 Å². The number of amides is 1. The first-order valence-electron chi connectivity index (χ1n) is 7.97. The number of aromatic nitrogens is 1. The van der Waals surface area contributed by atoms with Crippen LogP contribution >= 0.6 is 0 Å². The van der Waals surface area contributed by atoms with Crippen molar-refractivity contribution in [2.75, 3.05) is 25.0 Å². The summed E-state index contributed by atoms with van der Waals surface area (Å²) in [6.45, 7) is 1.42. The first kappa shape index (κ1) is 16.5. The van der Waals surface area contributed by atoms with Crippen LogP contribution in [0.2, 0.25) is 0 Å². The van der Waals surface area contributed by atoms with Gasteiger partial charge in [0.15, 0.2) is 0 Å². The molecule has 1 aromatic heterocycles. The molecule has 2 heterocycles. The Balaban J connectivity index is 1.53. The van der Waals surface area contributed by atoms with E-state index in [1.807, 2.05) is 23.1 Å². The van der Waals surface area contributed by atoms with Crippen molar-refractivity contribution in [3.8, 4) is 0 Å². The zero-order chi connectivity index (χ0) is 17.0. The molecule has 2 aromatic rings. The predicted octanol–water partition coefficient (Wildman–Crippen LogP) is 2.14. The standard InChI is InChI=1S/C18H20FN3O2/c19-14-4-3-5-15(12-14)21-17(23)13-22-10-7-18(24,8-11-22)16-6-1-2-9-20-16/h1-6,9,12,24H,7-8,10-11,13H2,(H,21,23). The molecule has 24 heavy (non-hydrogen) atoms. The molecule has 0 atom stereocenters. The van der Waals surface area contributed by atoms with Crippen molar-refractivity contribution in [3.63, 3.8) is 0 Å². The molecule has 0 bridgehead atoms. The van der Waals surface area contributed by atoms with E-state index in [4.69, 9.17) is 0 Å². The third kappa shape index (κ3) is 3.96. The molecule has 0 unspecified atom stereocenters.